The van der Waals surface area contributed by atoms with Gasteiger partial charge in [-0.15, -0.1) is 0 Å². The lowest BCUT2D eigenvalue weighted by molar-refractivity contribution is 1.29. The molecule has 2 nitrogen and oxygen atoms in total. The summed E-state index contributed by atoms with van der Waals surface area (Å²) < 4.78 is 7.54. The SMILES string of the molecule is C1=C[C](c2ccccc2)C2=NSNC2=C1. The third-order valence-corrected chi connectivity index (χ3v) is 3.00. The molecule has 0 atom stereocenters. The van der Waals surface area contributed by atoms with Gasteiger partial charge in [0.15, 0.2) is 0 Å². The molecule has 0 unspecified atom stereocenters. The average molecular weight is 213 g/mol. The zero-order valence-corrected chi connectivity index (χ0v) is 8.79. The standard InChI is InChI=1S/C12H9N2S/c1-2-5-9(6-3-1)10-7-4-8-11-12(10)14-15-13-11/h1-8,13H. The van der Waals surface area contributed by atoms with Crippen LogP contribution in [0.1, 0.15) is 5.56 Å². The molecule has 0 amide bonds. The van der Waals surface area contributed by atoms with Crippen molar-refractivity contribution >= 4 is 17.8 Å². The van der Waals surface area contributed by atoms with Crippen LogP contribution in [0.3, 0.4) is 0 Å². The van der Waals surface area contributed by atoms with Gasteiger partial charge in [-0.25, -0.2) is 0 Å². The Kier molecular flexibility index (Phi) is 2.10. The predicted molar refractivity (Wildman–Crippen MR) is 64.2 cm³/mol. The summed E-state index contributed by atoms with van der Waals surface area (Å²) in [5.74, 6) is 1.19. The summed E-state index contributed by atoms with van der Waals surface area (Å²) in [4.78, 5) is 0. The third-order valence-electron chi connectivity index (χ3n) is 2.41. The minimum Gasteiger partial charge on any atom is -0.309 e. The van der Waals surface area contributed by atoms with Crippen LogP contribution in [0.5, 0.6) is 0 Å². The number of nitrogens with zero attached hydrogens (tertiary/aromatic N) is 1. The van der Waals surface area contributed by atoms with Crippen molar-refractivity contribution in [2.45, 2.75) is 0 Å². The van der Waals surface area contributed by atoms with Crippen molar-refractivity contribution in [3.8, 4) is 0 Å². The number of allylic oxidation sites excluding steroid dienone is 4. The molecule has 15 heavy (non-hydrogen) atoms. The molecule has 1 aromatic rings. The lowest BCUT2D eigenvalue weighted by Crippen LogP contribution is -2.18. The molecule has 0 saturated carbocycles. The van der Waals surface area contributed by atoms with Gasteiger partial charge >= 0.3 is 0 Å². The summed E-state index contributed by atoms with van der Waals surface area (Å²) in [6.45, 7) is 0. The van der Waals surface area contributed by atoms with E-state index in [0.717, 1.165) is 11.4 Å². The minimum absolute atomic E-state index is 1.05. The second kappa shape index (κ2) is 3.59. The highest BCUT2D eigenvalue weighted by Gasteiger charge is 2.25. The summed E-state index contributed by atoms with van der Waals surface area (Å²) >= 11 is 1.39. The Morgan fingerprint density at radius 1 is 1.13 bits per heavy atom. The van der Waals surface area contributed by atoms with Crippen LogP contribution in [-0.2, 0) is 0 Å². The van der Waals surface area contributed by atoms with Crippen LogP contribution in [0.15, 0.2) is 58.7 Å². The first kappa shape index (κ1) is 8.80. The molecule has 1 heterocycles. The molecule has 3 rings (SSSR count). The van der Waals surface area contributed by atoms with Crippen LogP contribution in [0.25, 0.3) is 0 Å². The second-order valence-electron chi connectivity index (χ2n) is 3.35. The van der Waals surface area contributed by atoms with Crippen LogP contribution >= 0.6 is 12.1 Å². The van der Waals surface area contributed by atoms with E-state index in [1.54, 1.807) is 0 Å². The Hall–Kier alpha value is -1.48. The van der Waals surface area contributed by atoms with Crippen molar-refractivity contribution in [1.29, 1.82) is 0 Å². The van der Waals surface area contributed by atoms with Gasteiger partial charge in [-0.05, 0) is 11.6 Å². The molecule has 2 aliphatic rings. The van der Waals surface area contributed by atoms with Crippen molar-refractivity contribution in [3.05, 3.63) is 65.7 Å². The fourth-order valence-corrected chi connectivity index (χ4v) is 2.29. The first-order valence-electron chi connectivity index (χ1n) is 4.77. The molecule has 3 heteroatoms. The Balaban J connectivity index is 2.02. The molecule has 0 saturated heterocycles. The van der Waals surface area contributed by atoms with E-state index in [1.807, 2.05) is 24.3 Å². The maximum Gasteiger partial charge on any atom is 0.0906 e. The lowest BCUT2D eigenvalue weighted by atomic mass is 9.89. The molecule has 1 aliphatic carbocycles. The van der Waals surface area contributed by atoms with Crippen LogP contribution in [0.2, 0.25) is 0 Å². The molecular weight excluding hydrogens is 204 g/mol. The van der Waals surface area contributed by atoms with Gasteiger partial charge in [0.25, 0.3) is 0 Å². The fourth-order valence-electron chi connectivity index (χ4n) is 1.69. The van der Waals surface area contributed by atoms with Crippen LogP contribution in [0.4, 0.5) is 0 Å². The lowest BCUT2D eigenvalue weighted by Gasteiger charge is -2.15. The van der Waals surface area contributed by atoms with Crippen molar-refractivity contribution in [2.24, 2.45) is 4.40 Å². The molecule has 1 aromatic carbocycles. The van der Waals surface area contributed by atoms with Gasteiger partial charge in [-0.3, -0.25) is 0 Å². The molecule has 0 spiro atoms. The molecule has 1 N–H and O–H groups in total. The first-order valence-corrected chi connectivity index (χ1v) is 5.54. The predicted octanol–water partition coefficient (Wildman–Crippen LogP) is 2.67. The van der Waals surface area contributed by atoms with E-state index in [0.29, 0.717) is 0 Å². The zero-order chi connectivity index (χ0) is 10.1. The highest BCUT2D eigenvalue weighted by molar-refractivity contribution is 7.96. The van der Waals surface area contributed by atoms with Crippen LogP contribution < -0.4 is 4.72 Å². The maximum atomic E-state index is 4.38. The topological polar surface area (TPSA) is 24.4 Å². The Morgan fingerprint density at radius 3 is 2.87 bits per heavy atom. The summed E-state index contributed by atoms with van der Waals surface area (Å²) in [7, 11) is 0. The van der Waals surface area contributed by atoms with Gasteiger partial charge in [-0.1, -0.05) is 42.5 Å². The van der Waals surface area contributed by atoms with Gasteiger partial charge in [0.2, 0.25) is 0 Å². The van der Waals surface area contributed by atoms with E-state index in [4.69, 9.17) is 0 Å². The van der Waals surface area contributed by atoms with Crippen LogP contribution in [0, 0.1) is 5.92 Å². The molecule has 1 radical (unpaired) electrons. The normalized spacial score (nSPS) is 19.2. The van der Waals surface area contributed by atoms with E-state index in [-0.39, 0.29) is 0 Å². The number of fused-ring (bicyclic) bond motifs is 1. The number of hydrogen-bond donors (Lipinski definition) is 1. The highest BCUT2D eigenvalue weighted by Crippen LogP contribution is 2.29. The van der Waals surface area contributed by atoms with Gasteiger partial charge in [0.05, 0.1) is 29.5 Å². The van der Waals surface area contributed by atoms with Gasteiger partial charge in [0, 0.05) is 0 Å². The largest absolute Gasteiger partial charge is 0.309 e. The monoisotopic (exact) mass is 213 g/mol. The molecule has 0 aromatic heterocycles. The van der Waals surface area contributed by atoms with Crippen molar-refractivity contribution in [2.75, 3.05) is 0 Å². The summed E-state index contributed by atoms with van der Waals surface area (Å²) in [6.07, 6.45) is 6.20. The van der Waals surface area contributed by atoms with E-state index >= 15 is 0 Å². The van der Waals surface area contributed by atoms with Gasteiger partial charge in [0.1, 0.15) is 0 Å². The Labute approximate surface area is 93.1 Å². The Morgan fingerprint density at radius 2 is 2.00 bits per heavy atom. The van der Waals surface area contributed by atoms with Crippen molar-refractivity contribution in [1.82, 2.24) is 4.72 Å². The quantitative estimate of drug-likeness (QED) is 0.725. The van der Waals surface area contributed by atoms with E-state index < -0.39 is 0 Å². The van der Waals surface area contributed by atoms with Crippen molar-refractivity contribution < 1.29 is 0 Å². The number of rotatable bonds is 1. The molecule has 73 valence electrons. The zero-order valence-electron chi connectivity index (χ0n) is 7.97. The molecular formula is C12H9N2S. The number of nitrogens with one attached hydrogen (secondary N) is 1. The van der Waals surface area contributed by atoms with E-state index in [2.05, 4.69) is 33.4 Å². The van der Waals surface area contributed by atoms with Crippen molar-refractivity contribution in [3.63, 3.8) is 0 Å². The van der Waals surface area contributed by atoms with Crippen LogP contribution in [-0.4, -0.2) is 5.71 Å². The van der Waals surface area contributed by atoms with E-state index in [9.17, 15) is 0 Å². The molecule has 0 fully saturated rings. The number of hydrogen-bond acceptors (Lipinski definition) is 3. The fraction of sp³-hybridized carbons (Fsp3) is 0. The smallest absolute Gasteiger partial charge is 0.0906 e. The maximum absolute atomic E-state index is 4.38. The van der Waals surface area contributed by atoms with Gasteiger partial charge < -0.3 is 4.72 Å². The minimum atomic E-state index is 1.05. The summed E-state index contributed by atoms with van der Waals surface area (Å²) in [5.41, 5.74) is 3.36. The first-order chi connectivity index (χ1) is 7.45. The van der Waals surface area contributed by atoms with E-state index in [1.165, 1.54) is 23.6 Å². The Bertz CT molecular complexity index is 460. The summed E-state index contributed by atoms with van der Waals surface area (Å²) in [6, 6.07) is 10.3. The molecule has 1 aliphatic heterocycles. The summed E-state index contributed by atoms with van der Waals surface area (Å²) in [5, 5.41) is 0. The number of benzene rings is 1. The average Bonchev–Trinajstić information content (AvgIpc) is 2.78. The second-order valence-corrected chi connectivity index (χ2v) is 3.92. The third kappa shape index (κ3) is 1.49. The molecule has 0 bridgehead atoms. The highest BCUT2D eigenvalue weighted by atomic mass is 32.2. The van der Waals surface area contributed by atoms with Gasteiger partial charge in [-0.2, -0.15) is 4.40 Å².